The van der Waals surface area contributed by atoms with Crippen LogP contribution in [0.3, 0.4) is 0 Å². The Bertz CT molecular complexity index is 610. The van der Waals surface area contributed by atoms with Gasteiger partial charge in [-0.15, -0.1) is 0 Å². The predicted octanol–water partition coefficient (Wildman–Crippen LogP) is 3.55. The summed E-state index contributed by atoms with van der Waals surface area (Å²) in [6.45, 7) is 6.19. The quantitative estimate of drug-likeness (QED) is 0.906. The van der Waals surface area contributed by atoms with E-state index in [0.717, 1.165) is 43.2 Å². The molecule has 138 valence electrons. The summed E-state index contributed by atoms with van der Waals surface area (Å²) in [7, 11) is 0. The zero-order chi connectivity index (χ0) is 17.5. The van der Waals surface area contributed by atoms with Crippen LogP contribution in [0.25, 0.3) is 0 Å². The van der Waals surface area contributed by atoms with Crippen LogP contribution in [0.4, 0.5) is 0 Å². The average molecular weight is 345 g/mol. The van der Waals surface area contributed by atoms with Gasteiger partial charge < -0.3 is 19.5 Å². The Morgan fingerprint density at radius 1 is 1.24 bits per heavy atom. The molecule has 4 heteroatoms. The molecule has 1 saturated heterocycles. The van der Waals surface area contributed by atoms with Gasteiger partial charge in [-0.3, -0.25) is 0 Å². The lowest BCUT2D eigenvalue weighted by atomic mass is 9.81. The van der Waals surface area contributed by atoms with Crippen molar-refractivity contribution in [1.29, 1.82) is 0 Å². The summed E-state index contributed by atoms with van der Waals surface area (Å²) in [5.41, 5.74) is 0.466. The number of fused-ring (bicyclic) bond motifs is 1. The fourth-order valence-corrected chi connectivity index (χ4v) is 4.25. The second-order valence-electron chi connectivity index (χ2n) is 8.78. The SMILES string of the molecule is CC(C)(O)COc1ccc2c(c1)CCC1(CCN(C3CCC3)CC1)O2. The number of hydrogen-bond acceptors (Lipinski definition) is 4. The van der Waals surface area contributed by atoms with E-state index in [0.29, 0.717) is 6.61 Å². The molecule has 1 aromatic rings. The Morgan fingerprint density at radius 2 is 2.00 bits per heavy atom. The summed E-state index contributed by atoms with van der Waals surface area (Å²) in [6.07, 6.45) is 8.66. The first-order valence-corrected chi connectivity index (χ1v) is 9.84. The highest BCUT2D eigenvalue weighted by atomic mass is 16.5. The van der Waals surface area contributed by atoms with Gasteiger partial charge in [-0.05, 0) is 76.1 Å². The van der Waals surface area contributed by atoms with Gasteiger partial charge in [-0.25, -0.2) is 0 Å². The van der Waals surface area contributed by atoms with Crippen LogP contribution in [0.15, 0.2) is 18.2 Å². The largest absolute Gasteiger partial charge is 0.491 e. The first-order valence-electron chi connectivity index (χ1n) is 9.84. The smallest absolute Gasteiger partial charge is 0.123 e. The van der Waals surface area contributed by atoms with Crippen molar-refractivity contribution in [2.75, 3.05) is 19.7 Å². The number of aliphatic hydroxyl groups is 1. The fourth-order valence-electron chi connectivity index (χ4n) is 4.25. The van der Waals surface area contributed by atoms with E-state index in [1.165, 1.54) is 37.9 Å². The normalized spacial score (nSPS) is 23.6. The fraction of sp³-hybridized carbons (Fsp3) is 0.714. The highest BCUT2D eigenvalue weighted by Gasteiger charge is 2.41. The summed E-state index contributed by atoms with van der Waals surface area (Å²) in [5.74, 6) is 1.85. The molecule has 0 bridgehead atoms. The van der Waals surface area contributed by atoms with Gasteiger partial charge in [0.1, 0.15) is 23.7 Å². The van der Waals surface area contributed by atoms with Crippen molar-refractivity contribution in [3.8, 4) is 11.5 Å². The van der Waals surface area contributed by atoms with E-state index in [9.17, 15) is 5.11 Å². The average Bonchev–Trinajstić information content (AvgIpc) is 2.53. The van der Waals surface area contributed by atoms with Crippen molar-refractivity contribution >= 4 is 0 Å². The summed E-state index contributed by atoms with van der Waals surface area (Å²) in [5, 5.41) is 9.81. The summed E-state index contributed by atoms with van der Waals surface area (Å²) < 4.78 is 12.2. The molecule has 25 heavy (non-hydrogen) atoms. The third-order valence-corrected chi connectivity index (χ3v) is 6.10. The van der Waals surface area contributed by atoms with Crippen LogP contribution in [0.2, 0.25) is 0 Å². The zero-order valence-corrected chi connectivity index (χ0v) is 15.6. The molecule has 1 aromatic carbocycles. The molecule has 4 nitrogen and oxygen atoms in total. The van der Waals surface area contributed by atoms with Crippen molar-refractivity contribution in [1.82, 2.24) is 4.90 Å². The summed E-state index contributed by atoms with van der Waals surface area (Å²) >= 11 is 0. The lowest BCUT2D eigenvalue weighted by Gasteiger charge is -2.48. The van der Waals surface area contributed by atoms with Gasteiger partial charge in [0.15, 0.2) is 0 Å². The van der Waals surface area contributed by atoms with Crippen LogP contribution < -0.4 is 9.47 Å². The maximum atomic E-state index is 9.81. The molecule has 0 atom stereocenters. The first kappa shape index (κ1) is 17.2. The third-order valence-electron chi connectivity index (χ3n) is 6.10. The van der Waals surface area contributed by atoms with Gasteiger partial charge in [0.25, 0.3) is 0 Å². The Hall–Kier alpha value is -1.26. The monoisotopic (exact) mass is 345 g/mol. The molecule has 0 aromatic heterocycles. The Labute approximate surface area is 151 Å². The molecule has 1 aliphatic carbocycles. The van der Waals surface area contributed by atoms with Crippen molar-refractivity contribution in [3.05, 3.63) is 23.8 Å². The van der Waals surface area contributed by atoms with Crippen LogP contribution >= 0.6 is 0 Å². The molecule has 3 aliphatic rings. The first-order chi connectivity index (χ1) is 11.9. The number of piperidine rings is 1. The van der Waals surface area contributed by atoms with Crippen LogP contribution in [0.1, 0.15) is 57.9 Å². The Kier molecular flexibility index (Phi) is 4.45. The van der Waals surface area contributed by atoms with E-state index < -0.39 is 5.60 Å². The number of aryl methyl sites for hydroxylation is 1. The van der Waals surface area contributed by atoms with Gasteiger partial charge in [-0.1, -0.05) is 6.42 Å². The van der Waals surface area contributed by atoms with Crippen molar-refractivity contribution in [2.24, 2.45) is 0 Å². The molecular formula is C21H31NO3. The second kappa shape index (κ2) is 6.48. The minimum atomic E-state index is -0.815. The maximum Gasteiger partial charge on any atom is 0.123 e. The second-order valence-corrected chi connectivity index (χ2v) is 8.78. The van der Waals surface area contributed by atoms with Gasteiger partial charge in [0.2, 0.25) is 0 Å². The molecule has 0 amide bonds. The molecule has 0 radical (unpaired) electrons. The zero-order valence-electron chi connectivity index (χ0n) is 15.6. The van der Waals surface area contributed by atoms with E-state index >= 15 is 0 Å². The molecule has 2 aliphatic heterocycles. The minimum Gasteiger partial charge on any atom is -0.491 e. The number of nitrogens with zero attached hydrogens (tertiary/aromatic N) is 1. The highest BCUT2D eigenvalue weighted by Crippen LogP contribution is 2.41. The van der Waals surface area contributed by atoms with Crippen LogP contribution in [0, 0.1) is 0 Å². The lowest BCUT2D eigenvalue weighted by Crippen LogP contribution is -2.53. The van der Waals surface area contributed by atoms with Gasteiger partial charge in [0.05, 0.1) is 5.60 Å². The maximum absolute atomic E-state index is 9.81. The molecule has 0 unspecified atom stereocenters. The number of rotatable bonds is 4. The van der Waals surface area contributed by atoms with Crippen LogP contribution in [-0.4, -0.2) is 46.9 Å². The number of likely N-dealkylation sites (tertiary alicyclic amines) is 1. The molecule has 1 saturated carbocycles. The third kappa shape index (κ3) is 3.80. The molecule has 2 fully saturated rings. The molecule has 1 spiro atoms. The van der Waals surface area contributed by atoms with Gasteiger partial charge >= 0.3 is 0 Å². The number of ether oxygens (including phenoxy) is 2. The van der Waals surface area contributed by atoms with E-state index in [-0.39, 0.29) is 5.60 Å². The lowest BCUT2D eigenvalue weighted by molar-refractivity contribution is -0.0338. The van der Waals surface area contributed by atoms with E-state index in [2.05, 4.69) is 11.0 Å². The molecule has 4 rings (SSSR count). The predicted molar refractivity (Wildman–Crippen MR) is 98.4 cm³/mol. The molecule has 1 N–H and O–H groups in total. The summed E-state index contributed by atoms with van der Waals surface area (Å²) in [6, 6.07) is 6.95. The van der Waals surface area contributed by atoms with E-state index in [1.807, 2.05) is 12.1 Å². The number of hydrogen-bond donors (Lipinski definition) is 1. The van der Waals surface area contributed by atoms with E-state index in [1.54, 1.807) is 13.8 Å². The van der Waals surface area contributed by atoms with Crippen LogP contribution in [-0.2, 0) is 6.42 Å². The number of benzene rings is 1. The van der Waals surface area contributed by atoms with Crippen molar-refractivity contribution in [3.63, 3.8) is 0 Å². The summed E-state index contributed by atoms with van der Waals surface area (Å²) in [4.78, 5) is 2.68. The standard InChI is InChI=1S/C21H31NO3/c1-20(2,23)15-24-18-6-7-19-16(14-18)8-9-21(25-19)10-12-22(13-11-21)17-4-3-5-17/h6-7,14,17,23H,3-5,8-13,15H2,1-2H3. The Morgan fingerprint density at radius 3 is 2.64 bits per heavy atom. The van der Waals surface area contributed by atoms with Gasteiger partial charge in [-0.2, -0.15) is 0 Å². The Balaban J connectivity index is 1.38. The van der Waals surface area contributed by atoms with E-state index in [4.69, 9.17) is 9.47 Å². The minimum absolute atomic E-state index is 0.0444. The van der Waals surface area contributed by atoms with Crippen molar-refractivity contribution < 1.29 is 14.6 Å². The van der Waals surface area contributed by atoms with Gasteiger partial charge in [0, 0.05) is 19.1 Å². The topological polar surface area (TPSA) is 41.9 Å². The van der Waals surface area contributed by atoms with Crippen LogP contribution in [0.5, 0.6) is 11.5 Å². The van der Waals surface area contributed by atoms with Crippen molar-refractivity contribution in [2.45, 2.75) is 76.0 Å². The highest BCUT2D eigenvalue weighted by molar-refractivity contribution is 5.42. The molecule has 2 heterocycles. The molecular weight excluding hydrogens is 314 g/mol.